The highest BCUT2D eigenvalue weighted by molar-refractivity contribution is 5.77. The summed E-state index contributed by atoms with van der Waals surface area (Å²) < 4.78 is 11.2. The van der Waals surface area contributed by atoms with Gasteiger partial charge < -0.3 is 14.4 Å². The number of nitrogens with zero attached hydrogens (tertiary/aromatic N) is 2. The first-order valence-corrected chi connectivity index (χ1v) is 10.1. The molecular weight excluding hydrogens is 328 g/mol. The van der Waals surface area contributed by atoms with Crippen molar-refractivity contribution in [3.05, 3.63) is 35.4 Å². The lowest BCUT2D eigenvalue weighted by Crippen LogP contribution is -2.41. The Morgan fingerprint density at radius 1 is 1.08 bits per heavy atom. The van der Waals surface area contributed by atoms with Crippen molar-refractivity contribution in [3.63, 3.8) is 0 Å². The molecule has 0 spiro atoms. The van der Waals surface area contributed by atoms with Gasteiger partial charge in [-0.05, 0) is 43.2 Å². The van der Waals surface area contributed by atoms with Crippen LogP contribution in [-0.2, 0) is 27.1 Å². The summed E-state index contributed by atoms with van der Waals surface area (Å²) >= 11 is 0. The molecule has 26 heavy (non-hydrogen) atoms. The number of carbonyl (C=O) groups is 1. The lowest BCUT2D eigenvalue weighted by Gasteiger charge is -2.27. The Hall–Kier alpha value is -1.43. The molecule has 3 aliphatic rings. The van der Waals surface area contributed by atoms with E-state index in [2.05, 4.69) is 29.2 Å². The van der Waals surface area contributed by atoms with E-state index >= 15 is 0 Å². The average Bonchev–Trinajstić information content (AvgIpc) is 3.25. The summed E-state index contributed by atoms with van der Waals surface area (Å²) in [6.45, 7) is 5.28. The molecule has 1 aromatic carbocycles. The Labute approximate surface area is 156 Å². The van der Waals surface area contributed by atoms with Crippen molar-refractivity contribution in [1.82, 2.24) is 9.80 Å². The molecule has 0 saturated carbocycles. The van der Waals surface area contributed by atoms with E-state index in [4.69, 9.17) is 9.47 Å². The van der Waals surface area contributed by atoms with Crippen molar-refractivity contribution < 1.29 is 14.3 Å². The van der Waals surface area contributed by atoms with Crippen molar-refractivity contribution in [2.45, 2.75) is 44.2 Å². The van der Waals surface area contributed by atoms with Crippen LogP contribution >= 0.6 is 0 Å². The Morgan fingerprint density at radius 2 is 1.88 bits per heavy atom. The zero-order chi connectivity index (χ0) is 17.8. The van der Waals surface area contributed by atoms with Crippen molar-refractivity contribution in [2.75, 3.05) is 46.0 Å². The predicted molar refractivity (Wildman–Crippen MR) is 100 cm³/mol. The lowest BCUT2D eigenvalue weighted by atomic mass is 10.1. The van der Waals surface area contributed by atoms with Crippen LogP contribution < -0.4 is 0 Å². The summed E-state index contributed by atoms with van der Waals surface area (Å²) in [6, 6.07) is 9.39. The summed E-state index contributed by atoms with van der Waals surface area (Å²) in [5.41, 5.74) is 2.99. The summed E-state index contributed by atoms with van der Waals surface area (Å²) in [7, 11) is 0. The smallest absolute Gasteiger partial charge is 0.248 e. The number of benzene rings is 1. The second-order valence-electron chi connectivity index (χ2n) is 7.75. The number of hydrogen-bond donors (Lipinski definition) is 0. The highest BCUT2D eigenvalue weighted by Crippen LogP contribution is 2.26. The van der Waals surface area contributed by atoms with Crippen LogP contribution in [0.3, 0.4) is 0 Å². The van der Waals surface area contributed by atoms with Crippen LogP contribution in [0, 0.1) is 0 Å². The van der Waals surface area contributed by atoms with Crippen molar-refractivity contribution in [1.29, 1.82) is 0 Å². The van der Waals surface area contributed by atoms with Gasteiger partial charge in [0.25, 0.3) is 0 Å². The van der Waals surface area contributed by atoms with E-state index in [1.165, 1.54) is 11.1 Å². The van der Waals surface area contributed by atoms with Crippen molar-refractivity contribution in [2.24, 2.45) is 0 Å². The van der Waals surface area contributed by atoms with E-state index in [0.29, 0.717) is 12.6 Å². The number of amides is 1. The van der Waals surface area contributed by atoms with Crippen LogP contribution in [0.4, 0.5) is 0 Å². The van der Waals surface area contributed by atoms with Crippen LogP contribution in [0.25, 0.3) is 0 Å². The minimum absolute atomic E-state index is 0.125. The summed E-state index contributed by atoms with van der Waals surface area (Å²) in [4.78, 5) is 17.0. The molecule has 1 atom stereocenters. The van der Waals surface area contributed by atoms with Gasteiger partial charge in [-0.2, -0.15) is 0 Å². The summed E-state index contributed by atoms with van der Waals surface area (Å²) in [6.07, 6.45) is 5.69. The maximum atomic E-state index is 12.5. The highest BCUT2D eigenvalue weighted by atomic mass is 16.5. The first kappa shape index (κ1) is 18.0. The number of ether oxygens (including phenoxy) is 2. The average molecular weight is 358 g/mol. The molecule has 1 aliphatic carbocycles. The topological polar surface area (TPSA) is 42.0 Å². The molecular formula is C21H30N2O3. The molecule has 0 aromatic heterocycles. The minimum atomic E-state index is 0.125. The summed E-state index contributed by atoms with van der Waals surface area (Å²) in [5, 5.41) is 0. The summed E-state index contributed by atoms with van der Waals surface area (Å²) in [5.74, 6) is 0.125. The third-order valence-electron chi connectivity index (χ3n) is 5.98. The SMILES string of the molecule is O=C(COC[C@H]1CCCO1)N1CCCN(C2Cc3ccccc3C2)CC1. The first-order chi connectivity index (χ1) is 12.8. The molecule has 0 bridgehead atoms. The third kappa shape index (κ3) is 4.27. The molecule has 1 amide bonds. The van der Waals surface area contributed by atoms with E-state index in [1.54, 1.807) is 0 Å². The Morgan fingerprint density at radius 3 is 2.62 bits per heavy atom. The van der Waals surface area contributed by atoms with E-state index in [-0.39, 0.29) is 18.6 Å². The van der Waals surface area contributed by atoms with E-state index < -0.39 is 0 Å². The maximum absolute atomic E-state index is 12.5. The van der Waals surface area contributed by atoms with Gasteiger partial charge in [0.1, 0.15) is 6.61 Å². The van der Waals surface area contributed by atoms with Gasteiger partial charge in [0.05, 0.1) is 12.7 Å². The number of hydrogen-bond acceptors (Lipinski definition) is 4. The van der Waals surface area contributed by atoms with Gasteiger partial charge in [0.15, 0.2) is 0 Å². The highest BCUT2D eigenvalue weighted by Gasteiger charge is 2.29. The molecule has 0 radical (unpaired) electrons. The molecule has 2 saturated heterocycles. The molecule has 4 rings (SSSR count). The minimum Gasteiger partial charge on any atom is -0.376 e. The fourth-order valence-electron chi connectivity index (χ4n) is 4.49. The molecule has 0 N–H and O–H groups in total. The molecule has 0 unspecified atom stereocenters. The van der Waals surface area contributed by atoms with E-state index in [0.717, 1.165) is 64.9 Å². The molecule has 2 aliphatic heterocycles. The predicted octanol–water partition coefficient (Wildman–Crippen LogP) is 1.88. The van der Waals surface area contributed by atoms with Gasteiger partial charge in [-0.1, -0.05) is 24.3 Å². The van der Waals surface area contributed by atoms with Crippen LogP contribution in [-0.4, -0.2) is 73.9 Å². The zero-order valence-corrected chi connectivity index (χ0v) is 15.6. The van der Waals surface area contributed by atoms with Crippen LogP contribution in [0.15, 0.2) is 24.3 Å². The standard InChI is InChI=1S/C21H30N2O3/c24-21(16-25-15-20-7-3-12-26-20)23-9-4-8-22(10-11-23)19-13-17-5-1-2-6-18(17)14-19/h1-2,5-6,19-20H,3-4,7-16H2/t20-/m1/s1. The van der Waals surface area contributed by atoms with Gasteiger partial charge in [0, 0.05) is 38.8 Å². The monoisotopic (exact) mass is 358 g/mol. The van der Waals surface area contributed by atoms with Crippen LogP contribution in [0.1, 0.15) is 30.4 Å². The fourth-order valence-corrected chi connectivity index (χ4v) is 4.49. The zero-order valence-electron chi connectivity index (χ0n) is 15.6. The van der Waals surface area contributed by atoms with Crippen LogP contribution in [0.2, 0.25) is 0 Å². The second-order valence-corrected chi connectivity index (χ2v) is 7.75. The quantitative estimate of drug-likeness (QED) is 0.806. The molecule has 2 heterocycles. The van der Waals surface area contributed by atoms with E-state index in [9.17, 15) is 4.79 Å². The number of fused-ring (bicyclic) bond motifs is 1. The largest absolute Gasteiger partial charge is 0.376 e. The van der Waals surface area contributed by atoms with E-state index in [1.807, 2.05) is 4.90 Å². The van der Waals surface area contributed by atoms with Gasteiger partial charge in [-0.25, -0.2) is 0 Å². The van der Waals surface area contributed by atoms with Gasteiger partial charge >= 0.3 is 0 Å². The Bertz CT molecular complexity index is 590. The second kappa shape index (κ2) is 8.51. The first-order valence-electron chi connectivity index (χ1n) is 10.1. The number of rotatable bonds is 5. The van der Waals surface area contributed by atoms with Gasteiger partial charge in [-0.15, -0.1) is 0 Å². The van der Waals surface area contributed by atoms with Gasteiger partial charge in [-0.3, -0.25) is 9.69 Å². The maximum Gasteiger partial charge on any atom is 0.248 e. The van der Waals surface area contributed by atoms with Gasteiger partial charge in [0.2, 0.25) is 5.91 Å². The Kier molecular flexibility index (Phi) is 5.88. The molecule has 1 aromatic rings. The lowest BCUT2D eigenvalue weighted by molar-refractivity contribution is -0.137. The fraction of sp³-hybridized carbons (Fsp3) is 0.667. The molecule has 5 heteroatoms. The van der Waals surface area contributed by atoms with Crippen molar-refractivity contribution >= 4 is 5.91 Å². The molecule has 5 nitrogen and oxygen atoms in total. The molecule has 142 valence electrons. The third-order valence-corrected chi connectivity index (χ3v) is 5.98. The number of carbonyl (C=O) groups excluding carboxylic acids is 1. The van der Waals surface area contributed by atoms with Crippen LogP contribution in [0.5, 0.6) is 0 Å². The normalized spacial score (nSPS) is 24.6. The Balaban J connectivity index is 1.22. The molecule has 2 fully saturated rings. The van der Waals surface area contributed by atoms with Crippen molar-refractivity contribution in [3.8, 4) is 0 Å².